The minimum absolute atomic E-state index is 0.0255. The summed E-state index contributed by atoms with van der Waals surface area (Å²) in [4.78, 5) is 26.5. The van der Waals surface area contributed by atoms with Crippen LogP contribution in [0.1, 0.15) is 45.0 Å². The van der Waals surface area contributed by atoms with Crippen LogP contribution in [-0.4, -0.2) is 34.9 Å². The molecule has 0 saturated carbocycles. The molecule has 222 valence electrons. The highest BCUT2D eigenvalue weighted by Gasteiger charge is 2.31. The molecule has 7 nitrogen and oxygen atoms in total. The van der Waals surface area contributed by atoms with Gasteiger partial charge in [0.15, 0.2) is 0 Å². The van der Waals surface area contributed by atoms with Crippen molar-refractivity contribution in [3.63, 3.8) is 0 Å². The number of benzene rings is 4. The Labute approximate surface area is 250 Å². The van der Waals surface area contributed by atoms with Crippen LogP contribution in [0.15, 0.2) is 97.2 Å². The van der Waals surface area contributed by atoms with Crippen molar-refractivity contribution in [1.82, 2.24) is 10.3 Å². The Morgan fingerprint density at radius 1 is 0.955 bits per heavy atom. The molecule has 1 heterocycles. The maximum absolute atomic E-state index is 12.6. The number of aromatic nitrogens is 1. The summed E-state index contributed by atoms with van der Waals surface area (Å²) in [6, 6.07) is 28.1. The number of aromatic amines is 1. The molecule has 10 heteroatoms. The molecule has 0 fully saturated rings. The van der Waals surface area contributed by atoms with Crippen LogP contribution in [-0.2, 0) is 11.2 Å². The molecule has 0 radical (unpaired) electrons. The minimum atomic E-state index is -4.78. The van der Waals surface area contributed by atoms with Crippen molar-refractivity contribution in [2.45, 2.75) is 25.1 Å². The van der Waals surface area contributed by atoms with Gasteiger partial charge < -0.3 is 20.1 Å². The summed E-state index contributed by atoms with van der Waals surface area (Å²) in [6.45, 7) is 0.0255. The molecule has 1 atom stereocenters. The number of halogens is 3. The van der Waals surface area contributed by atoms with Gasteiger partial charge >= 0.3 is 12.3 Å². The van der Waals surface area contributed by atoms with Gasteiger partial charge in [-0.25, -0.2) is 0 Å². The highest BCUT2D eigenvalue weighted by molar-refractivity contribution is 5.94. The van der Waals surface area contributed by atoms with Gasteiger partial charge in [-0.1, -0.05) is 48.5 Å². The fraction of sp³-hybridized carbons (Fsp3) is 0.147. The number of fused-ring (bicyclic) bond motifs is 1. The molecule has 5 aromatic rings. The fourth-order valence-electron chi connectivity index (χ4n) is 5.10. The van der Waals surface area contributed by atoms with Crippen LogP contribution in [0.4, 0.5) is 13.2 Å². The van der Waals surface area contributed by atoms with Crippen molar-refractivity contribution in [3.05, 3.63) is 125 Å². The van der Waals surface area contributed by atoms with Crippen LogP contribution >= 0.6 is 0 Å². The molecule has 44 heavy (non-hydrogen) atoms. The van der Waals surface area contributed by atoms with Gasteiger partial charge in [0, 0.05) is 35.1 Å². The lowest BCUT2D eigenvalue weighted by atomic mass is 9.84. The number of carboxylic acids is 1. The van der Waals surface area contributed by atoms with Crippen LogP contribution in [0.2, 0.25) is 0 Å². The second-order valence-corrected chi connectivity index (χ2v) is 10.2. The molecular weight excluding hydrogens is 571 g/mol. The molecule has 0 aliphatic rings. The van der Waals surface area contributed by atoms with Gasteiger partial charge in [0.05, 0.1) is 18.1 Å². The van der Waals surface area contributed by atoms with E-state index in [4.69, 9.17) is 5.11 Å². The first-order valence-electron chi connectivity index (χ1n) is 13.7. The van der Waals surface area contributed by atoms with E-state index >= 15 is 0 Å². The van der Waals surface area contributed by atoms with E-state index in [0.29, 0.717) is 23.1 Å². The number of hydrogen-bond donors (Lipinski definition) is 3. The van der Waals surface area contributed by atoms with Gasteiger partial charge in [0.2, 0.25) is 0 Å². The second kappa shape index (κ2) is 12.8. The standard InChI is InChI=1S/C34H26F3N3O4/c35-34(36,37)44-27-11-9-23(10-12-27)25-2-1-3-26(18-25)28(30-20-40-31-13-6-22(19-38)17-29(30)31)16-21-4-7-24(8-5-21)33(43)39-15-14-32(41)42/h1-13,17-18,20,28,40H,14-16H2,(H,39,43)(H,41,42). The number of H-pyrrole nitrogens is 1. The molecule has 0 bridgehead atoms. The number of alkyl halides is 3. The predicted molar refractivity (Wildman–Crippen MR) is 158 cm³/mol. The topological polar surface area (TPSA) is 115 Å². The molecule has 1 aromatic heterocycles. The lowest BCUT2D eigenvalue weighted by Crippen LogP contribution is -2.25. The van der Waals surface area contributed by atoms with Crippen molar-refractivity contribution >= 4 is 22.8 Å². The molecule has 3 N–H and O–H groups in total. The second-order valence-electron chi connectivity index (χ2n) is 10.2. The predicted octanol–water partition coefficient (Wildman–Crippen LogP) is 7.18. The number of ether oxygens (including phenoxy) is 1. The fourth-order valence-corrected chi connectivity index (χ4v) is 5.10. The lowest BCUT2D eigenvalue weighted by Gasteiger charge is -2.19. The third-order valence-electron chi connectivity index (χ3n) is 7.21. The van der Waals surface area contributed by atoms with Gasteiger partial charge in [-0.3, -0.25) is 9.59 Å². The van der Waals surface area contributed by atoms with Crippen LogP contribution in [0.3, 0.4) is 0 Å². The number of carbonyl (C=O) groups excluding carboxylic acids is 1. The Hall–Kier alpha value is -5.56. The Bertz CT molecular complexity index is 1840. The molecule has 5 rings (SSSR count). The van der Waals surface area contributed by atoms with Crippen molar-refractivity contribution < 1.29 is 32.6 Å². The van der Waals surface area contributed by atoms with Gasteiger partial charge in [-0.05, 0) is 76.7 Å². The van der Waals surface area contributed by atoms with E-state index in [1.807, 2.05) is 54.7 Å². The summed E-state index contributed by atoms with van der Waals surface area (Å²) in [6.07, 6.45) is -2.50. The van der Waals surface area contributed by atoms with Crippen molar-refractivity contribution in [3.8, 4) is 22.9 Å². The smallest absolute Gasteiger partial charge is 0.481 e. The maximum Gasteiger partial charge on any atom is 0.573 e. The number of rotatable bonds is 10. The Kier molecular flexibility index (Phi) is 8.67. The van der Waals surface area contributed by atoms with E-state index in [2.05, 4.69) is 21.1 Å². The number of carboxylic acid groups (broad SMARTS) is 1. The number of carbonyl (C=O) groups is 2. The number of nitrogens with zero attached hydrogens (tertiary/aromatic N) is 1. The third-order valence-corrected chi connectivity index (χ3v) is 7.21. The number of hydrogen-bond acceptors (Lipinski definition) is 4. The average molecular weight is 598 g/mol. The Morgan fingerprint density at radius 2 is 1.70 bits per heavy atom. The monoisotopic (exact) mass is 597 g/mol. The first-order chi connectivity index (χ1) is 21.1. The first-order valence-corrected chi connectivity index (χ1v) is 13.7. The van der Waals surface area contributed by atoms with Crippen molar-refractivity contribution in [2.75, 3.05) is 6.54 Å². The molecule has 1 unspecified atom stereocenters. The van der Waals surface area contributed by atoms with Crippen LogP contribution in [0.25, 0.3) is 22.0 Å². The van der Waals surface area contributed by atoms with Gasteiger partial charge in [-0.2, -0.15) is 5.26 Å². The molecule has 0 aliphatic carbocycles. The molecular formula is C34H26F3N3O4. The highest BCUT2D eigenvalue weighted by Crippen LogP contribution is 2.36. The Morgan fingerprint density at radius 3 is 2.39 bits per heavy atom. The summed E-state index contributed by atoms with van der Waals surface area (Å²) in [7, 11) is 0. The number of nitrogens with one attached hydrogen (secondary N) is 2. The van der Waals surface area contributed by atoms with Crippen LogP contribution in [0.5, 0.6) is 5.75 Å². The third kappa shape index (κ3) is 7.25. The summed E-state index contributed by atoms with van der Waals surface area (Å²) < 4.78 is 41.9. The zero-order chi connectivity index (χ0) is 31.3. The summed E-state index contributed by atoms with van der Waals surface area (Å²) >= 11 is 0. The zero-order valence-electron chi connectivity index (χ0n) is 23.2. The Balaban J connectivity index is 1.48. The molecule has 0 spiro atoms. The molecule has 1 amide bonds. The van der Waals surface area contributed by atoms with Crippen LogP contribution in [0, 0.1) is 11.3 Å². The summed E-state index contributed by atoms with van der Waals surface area (Å²) in [5.41, 5.74) is 6.14. The van der Waals surface area contributed by atoms with Crippen molar-refractivity contribution in [1.29, 1.82) is 5.26 Å². The van der Waals surface area contributed by atoms with Gasteiger partial charge in [0.25, 0.3) is 5.91 Å². The maximum atomic E-state index is 12.6. The summed E-state index contributed by atoms with van der Waals surface area (Å²) in [5, 5.41) is 21.8. The van der Waals surface area contributed by atoms with E-state index in [9.17, 15) is 28.0 Å². The van der Waals surface area contributed by atoms with E-state index in [-0.39, 0.29) is 30.5 Å². The highest BCUT2D eigenvalue weighted by atomic mass is 19.4. The van der Waals surface area contributed by atoms with E-state index in [1.54, 1.807) is 30.3 Å². The number of aliphatic carboxylic acids is 1. The minimum Gasteiger partial charge on any atom is -0.481 e. The van der Waals surface area contributed by atoms with E-state index in [1.165, 1.54) is 12.1 Å². The number of nitriles is 1. The van der Waals surface area contributed by atoms with Crippen molar-refractivity contribution in [2.24, 2.45) is 0 Å². The molecule has 0 aliphatic heterocycles. The first kappa shape index (κ1) is 29.9. The van der Waals surface area contributed by atoms with Gasteiger partial charge in [0.1, 0.15) is 5.75 Å². The SMILES string of the molecule is N#Cc1ccc2[nH]cc(C(Cc3ccc(C(=O)NCCC(=O)O)cc3)c3cccc(-c4ccc(OC(F)(F)F)cc4)c3)c2c1. The van der Waals surface area contributed by atoms with Crippen LogP contribution < -0.4 is 10.1 Å². The lowest BCUT2D eigenvalue weighted by molar-refractivity contribution is -0.274. The quantitative estimate of drug-likeness (QED) is 0.158. The zero-order valence-corrected chi connectivity index (χ0v) is 23.2. The largest absolute Gasteiger partial charge is 0.573 e. The molecule has 4 aromatic carbocycles. The normalized spacial score (nSPS) is 12.0. The van der Waals surface area contributed by atoms with E-state index in [0.717, 1.165) is 33.2 Å². The average Bonchev–Trinajstić information content (AvgIpc) is 3.42. The van der Waals surface area contributed by atoms with Gasteiger partial charge in [-0.15, -0.1) is 13.2 Å². The summed E-state index contributed by atoms with van der Waals surface area (Å²) in [5.74, 6) is -1.86. The number of amides is 1. The van der Waals surface area contributed by atoms with E-state index < -0.39 is 12.3 Å². The molecule has 0 saturated heterocycles.